The monoisotopic (exact) mass is 311 g/mol. The third-order valence-corrected chi connectivity index (χ3v) is 5.46. The highest BCUT2D eigenvalue weighted by Crippen LogP contribution is 2.32. The summed E-state index contributed by atoms with van der Waals surface area (Å²) in [5, 5.41) is 15.2. The lowest BCUT2D eigenvalue weighted by molar-refractivity contribution is 0.0508. The maximum Gasteiger partial charge on any atom is 0.315 e. The van der Waals surface area contributed by atoms with Crippen LogP contribution in [0.5, 0.6) is 0 Å². The summed E-state index contributed by atoms with van der Waals surface area (Å²) in [5.74, 6) is 0.387. The van der Waals surface area contributed by atoms with Crippen molar-refractivity contribution in [2.24, 2.45) is 5.92 Å². The highest BCUT2D eigenvalue weighted by Gasteiger charge is 2.36. The van der Waals surface area contributed by atoms with Crippen molar-refractivity contribution in [3.63, 3.8) is 0 Å². The van der Waals surface area contributed by atoms with Crippen molar-refractivity contribution in [1.29, 1.82) is 0 Å². The minimum atomic E-state index is -0.0355. The molecule has 0 aromatic rings. The summed E-state index contributed by atoms with van der Waals surface area (Å²) >= 11 is 0. The van der Waals surface area contributed by atoms with Gasteiger partial charge in [0.2, 0.25) is 0 Å². The summed E-state index contributed by atoms with van der Waals surface area (Å²) < 4.78 is 0. The molecule has 5 nitrogen and oxygen atoms in total. The van der Waals surface area contributed by atoms with Gasteiger partial charge >= 0.3 is 6.03 Å². The first-order valence-electron chi connectivity index (χ1n) is 9.01. The van der Waals surface area contributed by atoms with E-state index < -0.39 is 0 Å². The van der Waals surface area contributed by atoms with Crippen LogP contribution >= 0.6 is 0 Å². The van der Waals surface area contributed by atoms with Gasteiger partial charge in [0.25, 0.3) is 0 Å². The first kappa shape index (κ1) is 17.5. The molecule has 2 saturated heterocycles. The Bertz CT molecular complexity index is 331. The molecule has 3 unspecified atom stereocenters. The number of aliphatic hydroxyl groups is 1. The van der Waals surface area contributed by atoms with Gasteiger partial charge in [-0.3, -0.25) is 0 Å². The molecule has 128 valence electrons. The van der Waals surface area contributed by atoms with Crippen molar-refractivity contribution < 1.29 is 9.90 Å². The number of rotatable bonds is 7. The average molecular weight is 311 g/mol. The van der Waals surface area contributed by atoms with Crippen LogP contribution in [0.3, 0.4) is 0 Å². The number of nitrogens with one attached hydrogen (secondary N) is 2. The van der Waals surface area contributed by atoms with Crippen molar-refractivity contribution in [3.8, 4) is 0 Å². The number of carbonyl (C=O) groups excluding carboxylic acids is 1. The molecule has 2 heterocycles. The standard InChI is InChI=1S/C17H33N3O2/c1-3-5-13(8-9-21)12-18-17(22)19-14-10-15-6-4-7-16(11-14)20(15)2/h13-16,21H,3-12H2,1-2H3,(H2,18,19,22). The summed E-state index contributed by atoms with van der Waals surface area (Å²) in [6.07, 6.45) is 8.94. The number of carbonyl (C=O) groups is 1. The van der Waals surface area contributed by atoms with E-state index >= 15 is 0 Å². The molecule has 2 bridgehead atoms. The van der Waals surface area contributed by atoms with Gasteiger partial charge in [-0.1, -0.05) is 19.8 Å². The summed E-state index contributed by atoms with van der Waals surface area (Å²) in [6, 6.07) is 1.56. The molecule has 2 aliphatic rings. The summed E-state index contributed by atoms with van der Waals surface area (Å²) in [5.41, 5.74) is 0. The Morgan fingerprint density at radius 2 is 1.95 bits per heavy atom. The Morgan fingerprint density at radius 1 is 1.27 bits per heavy atom. The third kappa shape index (κ3) is 4.85. The highest BCUT2D eigenvalue weighted by atomic mass is 16.3. The van der Waals surface area contributed by atoms with E-state index in [-0.39, 0.29) is 12.6 Å². The Balaban J connectivity index is 1.73. The zero-order chi connectivity index (χ0) is 15.9. The molecule has 22 heavy (non-hydrogen) atoms. The second-order valence-electron chi connectivity index (χ2n) is 7.09. The Hall–Kier alpha value is -0.810. The molecule has 2 amide bonds. The first-order valence-corrected chi connectivity index (χ1v) is 9.01. The molecule has 0 saturated carbocycles. The molecule has 0 radical (unpaired) electrons. The summed E-state index contributed by atoms with van der Waals surface area (Å²) in [6.45, 7) is 3.01. The van der Waals surface area contributed by atoms with Crippen molar-refractivity contribution in [2.45, 2.75) is 76.4 Å². The van der Waals surface area contributed by atoms with E-state index in [1.54, 1.807) is 0 Å². The van der Waals surface area contributed by atoms with Crippen LogP contribution in [0.1, 0.15) is 58.3 Å². The van der Waals surface area contributed by atoms with Crippen LogP contribution in [0.15, 0.2) is 0 Å². The summed E-state index contributed by atoms with van der Waals surface area (Å²) in [4.78, 5) is 14.6. The van der Waals surface area contributed by atoms with E-state index in [0.29, 0.717) is 30.6 Å². The molecule has 2 aliphatic heterocycles. The molecule has 5 heteroatoms. The Morgan fingerprint density at radius 3 is 2.55 bits per heavy atom. The van der Waals surface area contributed by atoms with Gasteiger partial charge in [0, 0.05) is 31.3 Å². The van der Waals surface area contributed by atoms with Gasteiger partial charge in [-0.15, -0.1) is 0 Å². The van der Waals surface area contributed by atoms with Crippen LogP contribution in [-0.4, -0.2) is 54.4 Å². The van der Waals surface area contributed by atoms with E-state index in [1.807, 2.05) is 0 Å². The van der Waals surface area contributed by atoms with Gasteiger partial charge in [-0.25, -0.2) is 4.79 Å². The lowest BCUT2D eigenvalue weighted by Gasteiger charge is -2.47. The number of hydrogen-bond donors (Lipinski definition) is 3. The molecule has 0 aromatic heterocycles. The summed E-state index contributed by atoms with van der Waals surface area (Å²) in [7, 11) is 2.23. The van der Waals surface area contributed by atoms with Gasteiger partial charge < -0.3 is 20.6 Å². The molecule has 3 N–H and O–H groups in total. The van der Waals surface area contributed by atoms with Gasteiger partial charge in [0.05, 0.1) is 0 Å². The number of nitrogens with zero attached hydrogens (tertiary/aromatic N) is 1. The zero-order valence-electron chi connectivity index (χ0n) is 14.2. The minimum absolute atomic E-state index is 0.0355. The van der Waals surface area contributed by atoms with Crippen LogP contribution in [0.25, 0.3) is 0 Å². The molecule has 0 spiro atoms. The largest absolute Gasteiger partial charge is 0.396 e. The molecule has 2 rings (SSSR count). The molecular formula is C17H33N3O2. The molecular weight excluding hydrogens is 278 g/mol. The smallest absolute Gasteiger partial charge is 0.315 e. The number of amides is 2. The van der Waals surface area contributed by atoms with Crippen LogP contribution in [0, 0.1) is 5.92 Å². The fraction of sp³-hybridized carbons (Fsp3) is 0.941. The number of aliphatic hydroxyl groups excluding tert-OH is 1. The molecule has 3 atom stereocenters. The molecule has 2 fully saturated rings. The quantitative estimate of drug-likeness (QED) is 0.674. The topological polar surface area (TPSA) is 64.6 Å². The fourth-order valence-corrected chi connectivity index (χ4v) is 4.15. The van der Waals surface area contributed by atoms with Crippen molar-refractivity contribution >= 4 is 6.03 Å². The Labute approximate surface area is 134 Å². The lowest BCUT2D eigenvalue weighted by atomic mass is 9.82. The second-order valence-corrected chi connectivity index (χ2v) is 7.09. The number of piperidine rings is 2. The van der Waals surface area contributed by atoms with Crippen LogP contribution in [0.4, 0.5) is 4.79 Å². The van der Waals surface area contributed by atoms with Gasteiger partial charge in [0.15, 0.2) is 0 Å². The maximum atomic E-state index is 12.1. The number of hydrogen-bond acceptors (Lipinski definition) is 3. The highest BCUT2D eigenvalue weighted by molar-refractivity contribution is 5.74. The minimum Gasteiger partial charge on any atom is -0.396 e. The van der Waals surface area contributed by atoms with Crippen molar-refractivity contribution in [3.05, 3.63) is 0 Å². The van der Waals surface area contributed by atoms with Crippen LogP contribution < -0.4 is 10.6 Å². The van der Waals surface area contributed by atoms with Crippen LogP contribution in [0.2, 0.25) is 0 Å². The second kappa shape index (κ2) is 8.73. The van der Waals surface area contributed by atoms with E-state index in [2.05, 4.69) is 29.5 Å². The fourth-order valence-electron chi connectivity index (χ4n) is 4.15. The normalized spacial score (nSPS) is 29.9. The third-order valence-electron chi connectivity index (χ3n) is 5.46. The zero-order valence-corrected chi connectivity index (χ0v) is 14.2. The molecule has 0 aliphatic carbocycles. The number of fused-ring (bicyclic) bond motifs is 2. The van der Waals surface area contributed by atoms with E-state index in [0.717, 1.165) is 32.1 Å². The van der Waals surface area contributed by atoms with E-state index in [4.69, 9.17) is 5.11 Å². The first-order chi connectivity index (χ1) is 10.6. The van der Waals surface area contributed by atoms with Gasteiger partial charge in [-0.2, -0.15) is 0 Å². The SMILES string of the molecule is CCCC(CCO)CNC(=O)NC1CC2CCCC(C1)N2C. The predicted molar refractivity (Wildman–Crippen MR) is 88.8 cm³/mol. The molecule has 0 aromatic carbocycles. The van der Waals surface area contributed by atoms with E-state index in [9.17, 15) is 4.79 Å². The van der Waals surface area contributed by atoms with Crippen LogP contribution in [-0.2, 0) is 0 Å². The van der Waals surface area contributed by atoms with Crippen molar-refractivity contribution in [1.82, 2.24) is 15.5 Å². The lowest BCUT2D eigenvalue weighted by Crippen LogP contribution is -2.56. The predicted octanol–water partition coefficient (Wildman–Crippen LogP) is 2.10. The van der Waals surface area contributed by atoms with Gasteiger partial charge in [0.1, 0.15) is 0 Å². The van der Waals surface area contributed by atoms with E-state index in [1.165, 1.54) is 19.3 Å². The average Bonchev–Trinajstić information content (AvgIpc) is 2.46. The van der Waals surface area contributed by atoms with Crippen molar-refractivity contribution in [2.75, 3.05) is 20.2 Å². The number of urea groups is 1. The Kier molecular flexibility index (Phi) is 6.96. The maximum absolute atomic E-state index is 12.1. The van der Waals surface area contributed by atoms with Gasteiger partial charge in [-0.05, 0) is 51.5 Å².